The summed E-state index contributed by atoms with van der Waals surface area (Å²) >= 11 is 0. The van der Waals surface area contributed by atoms with E-state index in [0.29, 0.717) is 12.8 Å². The van der Waals surface area contributed by atoms with Gasteiger partial charge in [0.25, 0.3) is 0 Å². The molecule has 1 aromatic carbocycles. The monoisotopic (exact) mass is 287 g/mol. The van der Waals surface area contributed by atoms with Crippen molar-refractivity contribution in [3.63, 3.8) is 0 Å². The molecule has 5 nitrogen and oxygen atoms in total. The molecule has 0 bridgehead atoms. The quantitative estimate of drug-likeness (QED) is 0.892. The Hall–Kier alpha value is -2.04. The summed E-state index contributed by atoms with van der Waals surface area (Å²) in [5, 5.41) is 5.68. The standard InChI is InChI=1S/C16H21N3O2/c20-15-9-8-13(17-15)16(21)18-12-6-2-3-7-14(12)19-10-4-1-5-11-19/h2-3,6-7,13H,1,4-5,8-11H2,(H,17,20)(H,18,21). The van der Waals surface area contributed by atoms with Crippen molar-refractivity contribution in [2.75, 3.05) is 23.3 Å². The largest absolute Gasteiger partial charge is 0.370 e. The highest BCUT2D eigenvalue weighted by atomic mass is 16.2. The molecule has 112 valence electrons. The van der Waals surface area contributed by atoms with E-state index in [1.807, 2.05) is 24.3 Å². The number of benzene rings is 1. The zero-order chi connectivity index (χ0) is 14.7. The Bertz CT molecular complexity index is 538. The molecule has 2 fully saturated rings. The van der Waals surface area contributed by atoms with Gasteiger partial charge >= 0.3 is 0 Å². The highest BCUT2D eigenvalue weighted by Gasteiger charge is 2.27. The maximum absolute atomic E-state index is 12.3. The van der Waals surface area contributed by atoms with Gasteiger partial charge in [-0.25, -0.2) is 0 Å². The van der Waals surface area contributed by atoms with Gasteiger partial charge in [0.1, 0.15) is 6.04 Å². The molecule has 0 saturated carbocycles. The molecular formula is C16H21N3O2. The van der Waals surface area contributed by atoms with E-state index in [1.54, 1.807) is 0 Å². The number of nitrogens with one attached hydrogen (secondary N) is 2. The summed E-state index contributed by atoms with van der Waals surface area (Å²) in [6.45, 7) is 2.07. The number of hydrogen-bond donors (Lipinski definition) is 2. The molecule has 0 radical (unpaired) electrons. The number of hydrogen-bond acceptors (Lipinski definition) is 3. The number of rotatable bonds is 3. The Kier molecular flexibility index (Phi) is 4.08. The summed E-state index contributed by atoms with van der Waals surface area (Å²) in [6.07, 6.45) is 4.68. The van der Waals surface area contributed by atoms with Crippen LogP contribution < -0.4 is 15.5 Å². The molecule has 2 amide bonds. The number of anilines is 2. The van der Waals surface area contributed by atoms with Gasteiger partial charge in [0.2, 0.25) is 11.8 Å². The second-order valence-electron chi connectivity index (χ2n) is 5.71. The molecule has 21 heavy (non-hydrogen) atoms. The van der Waals surface area contributed by atoms with Crippen molar-refractivity contribution in [1.82, 2.24) is 5.32 Å². The van der Waals surface area contributed by atoms with Crippen LogP contribution in [0.2, 0.25) is 0 Å². The van der Waals surface area contributed by atoms with Gasteiger partial charge in [0.15, 0.2) is 0 Å². The summed E-state index contributed by atoms with van der Waals surface area (Å²) in [5.74, 6) is -0.162. The number of carbonyl (C=O) groups excluding carboxylic acids is 2. The first-order valence-corrected chi connectivity index (χ1v) is 7.68. The zero-order valence-corrected chi connectivity index (χ0v) is 12.1. The van der Waals surface area contributed by atoms with Crippen molar-refractivity contribution in [3.05, 3.63) is 24.3 Å². The lowest BCUT2D eigenvalue weighted by Crippen LogP contribution is -2.38. The zero-order valence-electron chi connectivity index (χ0n) is 12.1. The Labute approximate surface area is 124 Å². The Morgan fingerprint density at radius 1 is 1.19 bits per heavy atom. The van der Waals surface area contributed by atoms with Gasteiger partial charge in [-0.2, -0.15) is 0 Å². The van der Waals surface area contributed by atoms with Crippen molar-refractivity contribution in [3.8, 4) is 0 Å². The molecule has 2 aliphatic rings. The van der Waals surface area contributed by atoms with Gasteiger partial charge in [-0.1, -0.05) is 12.1 Å². The maximum atomic E-state index is 12.3. The molecular weight excluding hydrogens is 266 g/mol. The van der Waals surface area contributed by atoms with E-state index < -0.39 is 6.04 Å². The fraction of sp³-hybridized carbons (Fsp3) is 0.500. The lowest BCUT2D eigenvalue weighted by molar-refractivity contribution is -0.122. The maximum Gasteiger partial charge on any atom is 0.247 e. The van der Waals surface area contributed by atoms with E-state index >= 15 is 0 Å². The van der Waals surface area contributed by atoms with Crippen molar-refractivity contribution < 1.29 is 9.59 Å². The molecule has 2 aliphatic heterocycles. The normalized spacial score (nSPS) is 22.0. The second-order valence-corrected chi connectivity index (χ2v) is 5.71. The van der Waals surface area contributed by atoms with Gasteiger partial charge < -0.3 is 15.5 Å². The minimum atomic E-state index is -0.396. The molecule has 2 heterocycles. The smallest absolute Gasteiger partial charge is 0.247 e. The van der Waals surface area contributed by atoms with Crippen molar-refractivity contribution in [2.24, 2.45) is 0 Å². The SMILES string of the molecule is O=C1CCC(C(=O)Nc2ccccc2N2CCCCC2)N1. The first kappa shape index (κ1) is 13.9. The number of amides is 2. The van der Waals surface area contributed by atoms with Crippen molar-refractivity contribution >= 4 is 23.2 Å². The molecule has 0 spiro atoms. The Balaban J connectivity index is 1.72. The summed E-state index contributed by atoms with van der Waals surface area (Å²) in [5.41, 5.74) is 1.92. The molecule has 1 atom stereocenters. The van der Waals surface area contributed by atoms with E-state index in [-0.39, 0.29) is 11.8 Å². The van der Waals surface area contributed by atoms with E-state index in [0.717, 1.165) is 24.5 Å². The molecule has 2 saturated heterocycles. The molecule has 2 N–H and O–H groups in total. The van der Waals surface area contributed by atoms with Crippen LogP contribution in [-0.4, -0.2) is 30.9 Å². The van der Waals surface area contributed by atoms with E-state index in [4.69, 9.17) is 0 Å². The average Bonchev–Trinajstić information content (AvgIpc) is 2.95. The van der Waals surface area contributed by atoms with Crippen LogP contribution >= 0.6 is 0 Å². The summed E-state index contributed by atoms with van der Waals surface area (Å²) in [4.78, 5) is 25.8. The summed E-state index contributed by atoms with van der Waals surface area (Å²) in [7, 11) is 0. The molecule has 0 aliphatic carbocycles. The van der Waals surface area contributed by atoms with Crippen LogP contribution in [0.1, 0.15) is 32.1 Å². The van der Waals surface area contributed by atoms with Crippen LogP contribution in [0.25, 0.3) is 0 Å². The van der Waals surface area contributed by atoms with Crippen LogP contribution in [0.4, 0.5) is 11.4 Å². The van der Waals surface area contributed by atoms with Gasteiger partial charge in [-0.3, -0.25) is 9.59 Å². The number of nitrogens with zero attached hydrogens (tertiary/aromatic N) is 1. The minimum absolute atomic E-state index is 0.0422. The Morgan fingerprint density at radius 2 is 1.95 bits per heavy atom. The van der Waals surface area contributed by atoms with E-state index in [1.165, 1.54) is 19.3 Å². The third kappa shape index (κ3) is 3.17. The number of para-hydroxylation sites is 2. The summed E-state index contributed by atoms with van der Waals surface area (Å²) in [6, 6.07) is 7.51. The highest BCUT2D eigenvalue weighted by Crippen LogP contribution is 2.28. The lowest BCUT2D eigenvalue weighted by Gasteiger charge is -2.30. The molecule has 1 aromatic rings. The predicted molar refractivity (Wildman–Crippen MR) is 82.3 cm³/mol. The minimum Gasteiger partial charge on any atom is -0.370 e. The molecule has 0 aromatic heterocycles. The van der Waals surface area contributed by atoms with Crippen molar-refractivity contribution in [2.45, 2.75) is 38.1 Å². The van der Waals surface area contributed by atoms with Gasteiger partial charge in [0, 0.05) is 19.5 Å². The predicted octanol–water partition coefficient (Wildman–Crippen LogP) is 1.89. The first-order valence-electron chi connectivity index (χ1n) is 7.68. The fourth-order valence-electron chi connectivity index (χ4n) is 3.02. The topological polar surface area (TPSA) is 61.4 Å². The second kappa shape index (κ2) is 6.16. The van der Waals surface area contributed by atoms with Crippen molar-refractivity contribution in [1.29, 1.82) is 0 Å². The first-order chi connectivity index (χ1) is 10.2. The van der Waals surface area contributed by atoms with Crippen LogP contribution in [0.5, 0.6) is 0 Å². The summed E-state index contributed by atoms with van der Waals surface area (Å²) < 4.78 is 0. The average molecular weight is 287 g/mol. The number of carbonyl (C=O) groups is 2. The van der Waals surface area contributed by atoms with Crippen LogP contribution in [0, 0.1) is 0 Å². The fourth-order valence-corrected chi connectivity index (χ4v) is 3.02. The Morgan fingerprint density at radius 3 is 2.67 bits per heavy atom. The molecule has 3 rings (SSSR count). The third-order valence-electron chi connectivity index (χ3n) is 4.17. The molecule has 5 heteroatoms. The number of piperidine rings is 1. The van der Waals surface area contributed by atoms with Gasteiger partial charge in [-0.05, 0) is 37.8 Å². The van der Waals surface area contributed by atoms with Crippen LogP contribution in [-0.2, 0) is 9.59 Å². The van der Waals surface area contributed by atoms with Crippen LogP contribution in [0.15, 0.2) is 24.3 Å². The third-order valence-corrected chi connectivity index (χ3v) is 4.17. The molecule has 1 unspecified atom stereocenters. The van der Waals surface area contributed by atoms with E-state index in [9.17, 15) is 9.59 Å². The highest BCUT2D eigenvalue weighted by molar-refractivity contribution is 6.01. The van der Waals surface area contributed by atoms with Gasteiger partial charge in [-0.15, -0.1) is 0 Å². The van der Waals surface area contributed by atoms with E-state index in [2.05, 4.69) is 15.5 Å². The lowest BCUT2D eigenvalue weighted by atomic mass is 10.1. The van der Waals surface area contributed by atoms with Crippen LogP contribution in [0.3, 0.4) is 0 Å². The van der Waals surface area contributed by atoms with Gasteiger partial charge in [0.05, 0.1) is 11.4 Å².